The number of aliphatic hydroxyl groups is 1. The number of aryl methyl sites for hydroxylation is 1. The first kappa shape index (κ1) is 16.8. The molecule has 2 amide bonds. The van der Waals surface area contributed by atoms with Gasteiger partial charge in [0, 0.05) is 6.54 Å². The lowest BCUT2D eigenvalue weighted by atomic mass is 10.0. The van der Waals surface area contributed by atoms with Gasteiger partial charge in [0.1, 0.15) is 5.75 Å². The molecule has 23 heavy (non-hydrogen) atoms. The molecule has 0 saturated heterocycles. The third kappa shape index (κ3) is 4.72. The van der Waals surface area contributed by atoms with E-state index in [9.17, 15) is 15.0 Å². The zero-order valence-electron chi connectivity index (χ0n) is 13.3. The quantitative estimate of drug-likeness (QED) is 0.685. The summed E-state index contributed by atoms with van der Waals surface area (Å²) in [5.74, 6) is 0.127. The molecule has 0 aliphatic rings. The average molecular weight is 314 g/mol. The molecule has 0 aromatic heterocycles. The minimum absolute atomic E-state index is 0.127. The first-order valence-electron chi connectivity index (χ1n) is 7.53. The third-order valence-electron chi connectivity index (χ3n) is 3.70. The van der Waals surface area contributed by atoms with Crippen molar-refractivity contribution in [2.45, 2.75) is 32.5 Å². The topological polar surface area (TPSA) is 81.6 Å². The summed E-state index contributed by atoms with van der Waals surface area (Å²) in [6.07, 6.45) is -0.899. The molecule has 2 unspecified atom stereocenters. The highest BCUT2D eigenvalue weighted by molar-refractivity contribution is 5.74. The van der Waals surface area contributed by atoms with Crippen LogP contribution < -0.4 is 10.6 Å². The van der Waals surface area contributed by atoms with Gasteiger partial charge in [-0.25, -0.2) is 4.79 Å². The molecule has 2 rings (SSSR count). The molecule has 2 aromatic rings. The van der Waals surface area contributed by atoms with Gasteiger partial charge in [0.05, 0.1) is 12.1 Å². The Bertz CT molecular complexity index is 659. The number of aromatic hydroxyl groups is 1. The monoisotopic (exact) mass is 314 g/mol. The zero-order valence-corrected chi connectivity index (χ0v) is 13.3. The van der Waals surface area contributed by atoms with Crippen LogP contribution in [0, 0.1) is 6.92 Å². The van der Waals surface area contributed by atoms with Crippen LogP contribution in [-0.4, -0.2) is 22.3 Å². The van der Waals surface area contributed by atoms with E-state index in [2.05, 4.69) is 10.6 Å². The zero-order chi connectivity index (χ0) is 16.8. The van der Waals surface area contributed by atoms with Crippen LogP contribution >= 0.6 is 0 Å². The van der Waals surface area contributed by atoms with Gasteiger partial charge in [0.2, 0.25) is 0 Å². The Morgan fingerprint density at radius 2 is 1.87 bits per heavy atom. The molecule has 0 aliphatic carbocycles. The number of hydrogen-bond donors (Lipinski definition) is 4. The molecule has 0 radical (unpaired) electrons. The molecule has 0 heterocycles. The highest BCUT2D eigenvalue weighted by atomic mass is 16.3. The molecule has 0 saturated carbocycles. The number of phenols is 1. The number of phenolic OH excluding ortho intramolecular Hbond substituents is 1. The SMILES string of the molecule is Cc1ccc(C(O)C(C)NC(=O)NCc2ccccc2)cc1O. The molecule has 4 N–H and O–H groups in total. The van der Waals surface area contributed by atoms with Gasteiger partial charge >= 0.3 is 6.03 Å². The van der Waals surface area contributed by atoms with Crippen molar-refractivity contribution in [3.8, 4) is 5.75 Å². The van der Waals surface area contributed by atoms with Crippen molar-refractivity contribution in [3.05, 3.63) is 65.2 Å². The van der Waals surface area contributed by atoms with Gasteiger partial charge in [-0.1, -0.05) is 42.5 Å². The Hall–Kier alpha value is -2.53. The number of amides is 2. The summed E-state index contributed by atoms with van der Waals surface area (Å²) in [6.45, 7) is 3.91. The standard InChI is InChI=1S/C18H22N2O3/c1-12-8-9-15(10-16(12)21)17(22)13(2)20-18(23)19-11-14-6-4-3-5-7-14/h3-10,13,17,21-22H,11H2,1-2H3,(H2,19,20,23). The summed E-state index contributed by atoms with van der Waals surface area (Å²) in [7, 11) is 0. The second-order valence-electron chi connectivity index (χ2n) is 5.59. The molecule has 5 heteroatoms. The van der Waals surface area contributed by atoms with Crippen LogP contribution in [0.25, 0.3) is 0 Å². The molecule has 0 spiro atoms. The summed E-state index contributed by atoms with van der Waals surface area (Å²) in [6, 6.07) is 13.7. The Morgan fingerprint density at radius 3 is 2.52 bits per heavy atom. The third-order valence-corrected chi connectivity index (χ3v) is 3.70. The van der Waals surface area contributed by atoms with E-state index < -0.39 is 12.1 Å². The van der Waals surface area contributed by atoms with E-state index in [4.69, 9.17) is 0 Å². The molecule has 0 bridgehead atoms. The fraction of sp³-hybridized carbons (Fsp3) is 0.278. The molecular weight excluding hydrogens is 292 g/mol. The Labute approximate surface area is 136 Å². The van der Waals surface area contributed by atoms with Gasteiger partial charge in [-0.2, -0.15) is 0 Å². The second-order valence-corrected chi connectivity index (χ2v) is 5.59. The lowest BCUT2D eigenvalue weighted by Gasteiger charge is -2.21. The molecule has 2 aromatic carbocycles. The summed E-state index contributed by atoms with van der Waals surface area (Å²) in [4.78, 5) is 11.9. The lowest BCUT2D eigenvalue weighted by Crippen LogP contribution is -2.43. The van der Waals surface area contributed by atoms with Gasteiger partial charge in [-0.3, -0.25) is 0 Å². The molecule has 2 atom stereocenters. The first-order chi connectivity index (χ1) is 11.0. The van der Waals surface area contributed by atoms with Crippen LogP contribution in [0.4, 0.5) is 4.79 Å². The fourth-order valence-corrected chi connectivity index (χ4v) is 2.21. The molecule has 5 nitrogen and oxygen atoms in total. The summed E-state index contributed by atoms with van der Waals surface area (Å²) in [5, 5.41) is 25.4. The van der Waals surface area contributed by atoms with Crippen LogP contribution in [-0.2, 0) is 6.54 Å². The van der Waals surface area contributed by atoms with Crippen LogP contribution in [0.15, 0.2) is 48.5 Å². The van der Waals surface area contributed by atoms with Crippen molar-refractivity contribution in [3.63, 3.8) is 0 Å². The minimum atomic E-state index is -0.899. The predicted molar refractivity (Wildman–Crippen MR) is 89.1 cm³/mol. The van der Waals surface area contributed by atoms with Gasteiger partial charge < -0.3 is 20.8 Å². The summed E-state index contributed by atoms with van der Waals surface area (Å²) < 4.78 is 0. The second kappa shape index (κ2) is 7.65. The van der Waals surface area contributed by atoms with E-state index >= 15 is 0 Å². The normalized spacial score (nSPS) is 13.2. The van der Waals surface area contributed by atoms with Gasteiger partial charge in [-0.05, 0) is 36.6 Å². The minimum Gasteiger partial charge on any atom is -0.508 e. The number of benzene rings is 2. The Morgan fingerprint density at radius 1 is 1.17 bits per heavy atom. The number of carbonyl (C=O) groups is 1. The lowest BCUT2D eigenvalue weighted by molar-refractivity contribution is 0.137. The van der Waals surface area contributed by atoms with Crippen molar-refractivity contribution < 1.29 is 15.0 Å². The van der Waals surface area contributed by atoms with E-state index in [1.165, 1.54) is 6.07 Å². The fourth-order valence-electron chi connectivity index (χ4n) is 2.21. The first-order valence-corrected chi connectivity index (χ1v) is 7.53. The Balaban J connectivity index is 1.88. The highest BCUT2D eigenvalue weighted by Crippen LogP contribution is 2.23. The Kier molecular flexibility index (Phi) is 5.60. The number of rotatable bonds is 5. The van der Waals surface area contributed by atoms with E-state index in [0.29, 0.717) is 12.1 Å². The number of nitrogens with one attached hydrogen (secondary N) is 2. The molecular formula is C18H22N2O3. The highest BCUT2D eigenvalue weighted by Gasteiger charge is 2.19. The van der Waals surface area contributed by atoms with E-state index in [-0.39, 0.29) is 11.8 Å². The van der Waals surface area contributed by atoms with Crippen LogP contribution in [0.2, 0.25) is 0 Å². The summed E-state index contributed by atoms with van der Waals surface area (Å²) in [5.41, 5.74) is 2.30. The van der Waals surface area contributed by atoms with Gasteiger partial charge in [0.15, 0.2) is 0 Å². The van der Waals surface area contributed by atoms with Crippen LogP contribution in [0.1, 0.15) is 29.7 Å². The van der Waals surface area contributed by atoms with E-state index in [1.807, 2.05) is 30.3 Å². The van der Waals surface area contributed by atoms with Crippen molar-refractivity contribution in [1.82, 2.24) is 10.6 Å². The van der Waals surface area contributed by atoms with Crippen LogP contribution in [0.5, 0.6) is 5.75 Å². The number of hydrogen-bond acceptors (Lipinski definition) is 3. The maximum absolute atomic E-state index is 11.9. The van der Waals surface area contributed by atoms with E-state index in [1.54, 1.807) is 26.0 Å². The maximum atomic E-state index is 11.9. The van der Waals surface area contributed by atoms with Crippen molar-refractivity contribution >= 4 is 6.03 Å². The van der Waals surface area contributed by atoms with Crippen LogP contribution in [0.3, 0.4) is 0 Å². The predicted octanol–water partition coefficient (Wildman–Crippen LogP) is 2.62. The van der Waals surface area contributed by atoms with E-state index in [0.717, 1.165) is 11.1 Å². The number of urea groups is 1. The average Bonchev–Trinajstić information content (AvgIpc) is 2.55. The smallest absolute Gasteiger partial charge is 0.315 e. The molecule has 0 fully saturated rings. The number of aliphatic hydroxyl groups excluding tert-OH is 1. The van der Waals surface area contributed by atoms with Crippen molar-refractivity contribution in [2.75, 3.05) is 0 Å². The van der Waals surface area contributed by atoms with Gasteiger partial charge in [0.25, 0.3) is 0 Å². The van der Waals surface area contributed by atoms with Gasteiger partial charge in [-0.15, -0.1) is 0 Å². The largest absolute Gasteiger partial charge is 0.508 e. The summed E-state index contributed by atoms with van der Waals surface area (Å²) >= 11 is 0. The van der Waals surface area contributed by atoms with Crippen molar-refractivity contribution in [1.29, 1.82) is 0 Å². The molecule has 0 aliphatic heterocycles. The molecule has 122 valence electrons. The number of carbonyl (C=O) groups excluding carboxylic acids is 1. The van der Waals surface area contributed by atoms with Crippen molar-refractivity contribution in [2.24, 2.45) is 0 Å². The maximum Gasteiger partial charge on any atom is 0.315 e.